The largest absolute Gasteiger partial charge is 0.379 e. The normalized spacial score (nSPS) is 9.40. The van der Waals surface area contributed by atoms with Crippen molar-refractivity contribution in [2.24, 2.45) is 0 Å². The Morgan fingerprint density at radius 1 is 1.60 bits per heavy atom. The molecule has 3 nitrogen and oxygen atoms in total. The third kappa shape index (κ3) is 7.78. The van der Waals surface area contributed by atoms with Crippen LogP contribution in [0.15, 0.2) is 0 Å². The Morgan fingerprint density at radius 3 is 2.80 bits per heavy atom. The highest BCUT2D eigenvalue weighted by atomic mass is 32.1. The second-order valence-electron chi connectivity index (χ2n) is 1.82. The third-order valence-electron chi connectivity index (χ3n) is 0.856. The minimum Gasteiger partial charge on any atom is -0.379 e. The van der Waals surface area contributed by atoms with Crippen LogP contribution in [0.5, 0.6) is 0 Å². The van der Waals surface area contributed by atoms with E-state index in [4.69, 9.17) is 4.74 Å². The van der Waals surface area contributed by atoms with Crippen molar-refractivity contribution < 1.29 is 9.53 Å². The van der Waals surface area contributed by atoms with E-state index in [-0.39, 0.29) is 5.91 Å². The molecule has 0 spiro atoms. The average Bonchev–Trinajstić information content (AvgIpc) is 1.87. The lowest BCUT2D eigenvalue weighted by molar-refractivity contribution is -0.119. The summed E-state index contributed by atoms with van der Waals surface area (Å²) in [5.41, 5.74) is 0. The molecule has 0 unspecified atom stereocenters. The van der Waals surface area contributed by atoms with Gasteiger partial charge in [-0.1, -0.05) is 0 Å². The molecule has 60 valence electrons. The fourth-order valence-electron chi connectivity index (χ4n) is 0.466. The van der Waals surface area contributed by atoms with Crippen molar-refractivity contribution >= 4 is 18.5 Å². The van der Waals surface area contributed by atoms with Crippen LogP contribution in [0, 0.1) is 0 Å². The van der Waals surface area contributed by atoms with E-state index in [1.54, 1.807) is 0 Å². The fraction of sp³-hybridized carbons (Fsp3) is 0.833. The minimum absolute atomic E-state index is 0.0190. The summed E-state index contributed by atoms with van der Waals surface area (Å²) < 4.78 is 5.04. The Labute approximate surface area is 66.5 Å². The summed E-state index contributed by atoms with van der Waals surface area (Å²) in [4.78, 5) is 10.3. The van der Waals surface area contributed by atoms with Crippen molar-refractivity contribution in [3.05, 3.63) is 0 Å². The monoisotopic (exact) mass is 163 g/mol. The van der Waals surface area contributed by atoms with Gasteiger partial charge in [-0.2, -0.15) is 12.6 Å². The summed E-state index contributed by atoms with van der Waals surface area (Å²) in [5, 5.41) is 2.62. The predicted molar refractivity (Wildman–Crippen MR) is 43.4 cm³/mol. The predicted octanol–water partition coefficient (Wildman–Crippen LogP) is 0.0689. The Hall–Kier alpha value is -0.220. The van der Waals surface area contributed by atoms with E-state index in [0.29, 0.717) is 19.8 Å². The molecule has 0 fully saturated rings. The molecule has 0 rings (SSSR count). The maximum Gasteiger partial charge on any atom is 0.216 e. The molecule has 0 saturated carbocycles. The number of nitrogens with one attached hydrogen (secondary N) is 1. The number of ether oxygens (including phenoxy) is 1. The highest BCUT2D eigenvalue weighted by Gasteiger charge is 1.88. The van der Waals surface area contributed by atoms with Crippen LogP contribution in [-0.2, 0) is 9.53 Å². The molecule has 0 aromatic carbocycles. The first-order valence-electron chi connectivity index (χ1n) is 3.20. The van der Waals surface area contributed by atoms with Crippen molar-refractivity contribution in [2.45, 2.75) is 6.92 Å². The number of amides is 1. The van der Waals surface area contributed by atoms with Crippen molar-refractivity contribution in [3.63, 3.8) is 0 Å². The van der Waals surface area contributed by atoms with Crippen molar-refractivity contribution in [2.75, 3.05) is 25.5 Å². The van der Waals surface area contributed by atoms with E-state index in [9.17, 15) is 4.79 Å². The average molecular weight is 163 g/mol. The number of carbonyl (C=O) groups excluding carboxylic acids is 1. The molecule has 1 N–H and O–H groups in total. The molecule has 0 aliphatic rings. The lowest BCUT2D eigenvalue weighted by atomic mass is 10.6. The second kappa shape index (κ2) is 6.89. The summed E-state index contributed by atoms with van der Waals surface area (Å²) >= 11 is 3.95. The lowest BCUT2D eigenvalue weighted by Crippen LogP contribution is -2.24. The van der Waals surface area contributed by atoms with Crippen molar-refractivity contribution in [1.82, 2.24) is 5.32 Å². The molecule has 0 aliphatic carbocycles. The van der Waals surface area contributed by atoms with E-state index in [2.05, 4.69) is 17.9 Å². The zero-order chi connectivity index (χ0) is 7.82. The summed E-state index contributed by atoms with van der Waals surface area (Å²) in [6.45, 7) is 3.28. The van der Waals surface area contributed by atoms with Crippen LogP contribution in [0.2, 0.25) is 0 Å². The molecule has 0 bridgehead atoms. The first kappa shape index (κ1) is 9.78. The molecule has 4 heteroatoms. The van der Waals surface area contributed by atoms with Crippen LogP contribution < -0.4 is 5.32 Å². The van der Waals surface area contributed by atoms with Gasteiger partial charge in [-0.3, -0.25) is 4.79 Å². The molecular formula is C6H13NO2S. The number of hydrogen-bond donors (Lipinski definition) is 2. The maximum absolute atomic E-state index is 10.3. The summed E-state index contributed by atoms with van der Waals surface area (Å²) in [6, 6.07) is 0. The molecule has 0 aromatic rings. The summed E-state index contributed by atoms with van der Waals surface area (Å²) in [5.74, 6) is 0.703. The summed E-state index contributed by atoms with van der Waals surface area (Å²) in [7, 11) is 0. The first-order valence-corrected chi connectivity index (χ1v) is 3.83. The highest BCUT2D eigenvalue weighted by Crippen LogP contribution is 1.76. The van der Waals surface area contributed by atoms with E-state index >= 15 is 0 Å². The van der Waals surface area contributed by atoms with Crippen molar-refractivity contribution in [3.8, 4) is 0 Å². The number of hydrogen-bond acceptors (Lipinski definition) is 3. The fourth-order valence-corrected chi connectivity index (χ4v) is 0.595. The van der Waals surface area contributed by atoms with Crippen LogP contribution in [0.4, 0.5) is 0 Å². The van der Waals surface area contributed by atoms with Crippen molar-refractivity contribution in [1.29, 1.82) is 0 Å². The lowest BCUT2D eigenvalue weighted by Gasteiger charge is -2.01. The van der Waals surface area contributed by atoms with E-state index in [1.165, 1.54) is 6.92 Å². The Balaban J connectivity index is 2.84. The molecule has 10 heavy (non-hydrogen) atoms. The topological polar surface area (TPSA) is 38.3 Å². The van der Waals surface area contributed by atoms with Crippen LogP contribution in [0.1, 0.15) is 6.92 Å². The molecule has 0 atom stereocenters. The molecule has 1 amide bonds. The highest BCUT2D eigenvalue weighted by molar-refractivity contribution is 7.80. The first-order chi connectivity index (χ1) is 4.77. The van der Waals surface area contributed by atoms with Gasteiger partial charge in [-0.15, -0.1) is 0 Å². The van der Waals surface area contributed by atoms with E-state index in [0.717, 1.165) is 5.75 Å². The van der Waals surface area contributed by atoms with Crippen LogP contribution >= 0.6 is 12.6 Å². The Kier molecular flexibility index (Phi) is 6.74. The van der Waals surface area contributed by atoms with Gasteiger partial charge in [-0.25, -0.2) is 0 Å². The zero-order valence-corrected chi connectivity index (χ0v) is 6.99. The second-order valence-corrected chi connectivity index (χ2v) is 2.27. The standard InChI is InChI=1S/C6H13NO2S/c1-6(8)7-2-3-9-4-5-10/h10H,2-5H2,1H3,(H,7,8). The van der Waals surface area contributed by atoms with E-state index in [1.807, 2.05) is 0 Å². The Morgan fingerprint density at radius 2 is 2.30 bits per heavy atom. The van der Waals surface area contributed by atoms with Gasteiger partial charge in [0.15, 0.2) is 0 Å². The number of thiol groups is 1. The smallest absolute Gasteiger partial charge is 0.216 e. The molecule has 0 aromatic heterocycles. The molecule has 0 radical (unpaired) electrons. The van der Waals surface area contributed by atoms with E-state index < -0.39 is 0 Å². The van der Waals surface area contributed by atoms with Crippen LogP contribution in [-0.4, -0.2) is 31.4 Å². The summed E-state index contributed by atoms with van der Waals surface area (Å²) in [6.07, 6.45) is 0. The molecular weight excluding hydrogens is 150 g/mol. The quantitative estimate of drug-likeness (QED) is 0.444. The maximum atomic E-state index is 10.3. The number of rotatable bonds is 5. The van der Waals surface area contributed by atoms with Gasteiger partial charge in [0.1, 0.15) is 0 Å². The minimum atomic E-state index is -0.0190. The third-order valence-corrected chi connectivity index (χ3v) is 1.04. The van der Waals surface area contributed by atoms with Gasteiger partial charge in [0.25, 0.3) is 0 Å². The zero-order valence-electron chi connectivity index (χ0n) is 6.09. The van der Waals surface area contributed by atoms with Gasteiger partial charge < -0.3 is 10.1 Å². The number of carbonyl (C=O) groups is 1. The van der Waals surface area contributed by atoms with Gasteiger partial charge in [0.2, 0.25) is 5.91 Å². The van der Waals surface area contributed by atoms with Gasteiger partial charge in [0, 0.05) is 19.2 Å². The molecule has 0 aliphatic heterocycles. The SMILES string of the molecule is CC(=O)NCCOCCS. The molecule has 0 heterocycles. The Bertz CT molecular complexity index is 97.7. The van der Waals surface area contributed by atoms with Crippen LogP contribution in [0.3, 0.4) is 0 Å². The molecule has 0 saturated heterocycles. The van der Waals surface area contributed by atoms with Gasteiger partial charge in [-0.05, 0) is 0 Å². The van der Waals surface area contributed by atoms with Gasteiger partial charge in [0.05, 0.1) is 13.2 Å². The van der Waals surface area contributed by atoms with Crippen LogP contribution in [0.25, 0.3) is 0 Å². The van der Waals surface area contributed by atoms with Gasteiger partial charge >= 0.3 is 0 Å².